The Bertz CT molecular complexity index is 533. The molecule has 0 aliphatic rings. The first-order valence-corrected chi connectivity index (χ1v) is 8.25. The third-order valence-electron chi connectivity index (χ3n) is 3.54. The SMILES string of the molecule is COC(=O)C[C@H](C)[C@H](Cc1ccccc1)Sc1ccccn1. The summed E-state index contributed by atoms with van der Waals surface area (Å²) in [6.45, 7) is 2.10. The van der Waals surface area contributed by atoms with Crippen LogP contribution in [0.3, 0.4) is 0 Å². The lowest BCUT2D eigenvalue weighted by molar-refractivity contribution is -0.141. The zero-order valence-corrected chi connectivity index (χ0v) is 13.8. The number of carbonyl (C=O) groups is 1. The third-order valence-corrected chi connectivity index (χ3v) is 4.96. The second-order valence-corrected chi connectivity index (χ2v) is 6.53. The number of benzene rings is 1. The number of thioether (sulfide) groups is 1. The fourth-order valence-electron chi connectivity index (χ4n) is 2.25. The van der Waals surface area contributed by atoms with Crippen molar-refractivity contribution < 1.29 is 9.53 Å². The van der Waals surface area contributed by atoms with Crippen LogP contribution >= 0.6 is 11.8 Å². The van der Waals surface area contributed by atoms with E-state index in [1.165, 1.54) is 12.7 Å². The zero-order chi connectivity index (χ0) is 15.8. The zero-order valence-electron chi connectivity index (χ0n) is 12.9. The predicted octanol–water partition coefficient (Wildman–Crippen LogP) is 3.98. The largest absolute Gasteiger partial charge is 0.469 e. The summed E-state index contributed by atoms with van der Waals surface area (Å²) < 4.78 is 4.81. The van der Waals surface area contributed by atoms with Gasteiger partial charge in [-0.25, -0.2) is 4.98 Å². The smallest absolute Gasteiger partial charge is 0.305 e. The topological polar surface area (TPSA) is 39.2 Å². The van der Waals surface area contributed by atoms with E-state index in [0.717, 1.165) is 11.4 Å². The highest BCUT2D eigenvalue weighted by atomic mass is 32.2. The van der Waals surface area contributed by atoms with Gasteiger partial charge in [-0.15, -0.1) is 11.8 Å². The van der Waals surface area contributed by atoms with Crippen molar-refractivity contribution in [2.75, 3.05) is 7.11 Å². The molecule has 3 nitrogen and oxygen atoms in total. The normalized spacial score (nSPS) is 13.4. The highest BCUT2D eigenvalue weighted by Gasteiger charge is 2.22. The lowest BCUT2D eigenvalue weighted by atomic mass is 9.97. The highest BCUT2D eigenvalue weighted by Crippen LogP contribution is 2.31. The van der Waals surface area contributed by atoms with Gasteiger partial charge in [-0.3, -0.25) is 4.79 Å². The molecule has 2 atom stereocenters. The Hall–Kier alpha value is -1.81. The second kappa shape index (κ2) is 8.59. The minimum atomic E-state index is -0.160. The Morgan fingerprint density at radius 3 is 2.55 bits per heavy atom. The van der Waals surface area contributed by atoms with Gasteiger partial charge in [0.15, 0.2) is 0 Å². The van der Waals surface area contributed by atoms with Crippen LogP contribution in [0.2, 0.25) is 0 Å². The summed E-state index contributed by atoms with van der Waals surface area (Å²) in [5.74, 6) is 0.0480. The van der Waals surface area contributed by atoms with Crippen molar-refractivity contribution in [1.29, 1.82) is 0 Å². The summed E-state index contributed by atoms with van der Waals surface area (Å²) in [6, 6.07) is 16.3. The van der Waals surface area contributed by atoms with E-state index in [1.54, 1.807) is 18.0 Å². The number of methoxy groups -OCH3 is 1. The molecule has 116 valence electrons. The molecule has 1 aromatic carbocycles. The molecule has 1 heterocycles. The average molecular weight is 315 g/mol. The van der Waals surface area contributed by atoms with Crippen molar-refractivity contribution in [1.82, 2.24) is 4.98 Å². The number of carbonyl (C=O) groups excluding carboxylic acids is 1. The van der Waals surface area contributed by atoms with Crippen LogP contribution in [0.5, 0.6) is 0 Å². The van der Waals surface area contributed by atoms with Gasteiger partial charge in [-0.05, 0) is 30.0 Å². The molecule has 0 radical (unpaired) electrons. The standard InChI is InChI=1S/C18H21NO2S/c1-14(12-18(20)21-2)16(13-15-8-4-3-5-9-15)22-17-10-6-7-11-19-17/h3-11,14,16H,12-13H2,1-2H3/t14-,16-/m0/s1. The monoisotopic (exact) mass is 315 g/mol. The molecule has 0 saturated heterocycles. The van der Waals surface area contributed by atoms with E-state index >= 15 is 0 Å². The molecular formula is C18H21NO2S. The first-order chi connectivity index (χ1) is 10.7. The Labute approximate surface area is 136 Å². The molecule has 0 fully saturated rings. The van der Waals surface area contributed by atoms with Crippen LogP contribution in [0.25, 0.3) is 0 Å². The quantitative estimate of drug-likeness (QED) is 0.572. The van der Waals surface area contributed by atoms with Crippen molar-refractivity contribution in [3.63, 3.8) is 0 Å². The number of aromatic nitrogens is 1. The van der Waals surface area contributed by atoms with Crippen LogP contribution in [-0.2, 0) is 16.0 Å². The fraction of sp³-hybridized carbons (Fsp3) is 0.333. The van der Waals surface area contributed by atoms with Crippen molar-refractivity contribution in [3.05, 3.63) is 60.3 Å². The van der Waals surface area contributed by atoms with Gasteiger partial charge in [-0.1, -0.05) is 43.3 Å². The number of hydrogen-bond donors (Lipinski definition) is 0. The summed E-state index contributed by atoms with van der Waals surface area (Å²) in [5, 5.41) is 1.26. The molecule has 1 aromatic heterocycles. The number of rotatable bonds is 7. The van der Waals surface area contributed by atoms with Gasteiger partial charge in [0.05, 0.1) is 12.1 Å². The number of pyridine rings is 1. The fourth-order valence-corrected chi connectivity index (χ4v) is 3.45. The minimum Gasteiger partial charge on any atom is -0.469 e. The number of hydrogen-bond acceptors (Lipinski definition) is 4. The molecule has 2 rings (SSSR count). The lowest BCUT2D eigenvalue weighted by Gasteiger charge is -2.22. The maximum absolute atomic E-state index is 11.6. The van der Waals surface area contributed by atoms with E-state index in [9.17, 15) is 4.79 Å². The van der Waals surface area contributed by atoms with Gasteiger partial charge in [0.25, 0.3) is 0 Å². The molecule has 0 N–H and O–H groups in total. The Morgan fingerprint density at radius 2 is 1.91 bits per heavy atom. The molecule has 4 heteroatoms. The number of esters is 1. The van der Waals surface area contributed by atoms with Crippen LogP contribution in [0.1, 0.15) is 18.9 Å². The Kier molecular flexibility index (Phi) is 6.46. The van der Waals surface area contributed by atoms with Crippen molar-refractivity contribution in [3.8, 4) is 0 Å². The first kappa shape index (κ1) is 16.6. The maximum atomic E-state index is 11.6. The Balaban J connectivity index is 2.10. The summed E-state index contributed by atoms with van der Waals surface area (Å²) in [7, 11) is 1.44. The molecule has 0 aliphatic heterocycles. The number of nitrogens with zero attached hydrogens (tertiary/aromatic N) is 1. The van der Waals surface area contributed by atoms with E-state index in [0.29, 0.717) is 6.42 Å². The van der Waals surface area contributed by atoms with Crippen molar-refractivity contribution in [2.45, 2.75) is 30.0 Å². The summed E-state index contributed by atoms with van der Waals surface area (Å²) >= 11 is 1.73. The number of ether oxygens (including phenoxy) is 1. The molecular weight excluding hydrogens is 294 g/mol. The summed E-state index contributed by atoms with van der Waals surface area (Å²) in [4.78, 5) is 16.0. The summed E-state index contributed by atoms with van der Waals surface area (Å²) in [5.41, 5.74) is 1.27. The van der Waals surface area contributed by atoms with E-state index in [1.807, 2.05) is 36.4 Å². The average Bonchev–Trinajstić information content (AvgIpc) is 2.56. The van der Waals surface area contributed by atoms with E-state index < -0.39 is 0 Å². The molecule has 0 unspecified atom stereocenters. The van der Waals surface area contributed by atoms with Crippen LogP contribution in [0.15, 0.2) is 59.8 Å². The van der Waals surface area contributed by atoms with Crippen LogP contribution < -0.4 is 0 Å². The van der Waals surface area contributed by atoms with Gasteiger partial charge in [0, 0.05) is 17.9 Å². The highest BCUT2D eigenvalue weighted by molar-refractivity contribution is 7.99. The molecule has 2 aromatic rings. The van der Waals surface area contributed by atoms with Gasteiger partial charge in [0.1, 0.15) is 0 Å². The van der Waals surface area contributed by atoms with Gasteiger partial charge in [0.2, 0.25) is 0 Å². The molecule has 0 saturated carbocycles. The molecule has 0 amide bonds. The minimum absolute atomic E-state index is 0.160. The van der Waals surface area contributed by atoms with Crippen LogP contribution in [0, 0.1) is 5.92 Å². The first-order valence-electron chi connectivity index (χ1n) is 7.37. The van der Waals surface area contributed by atoms with E-state index in [-0.39, 0.29) is 17.1 Å². The van der Waals surface area contributed by atoms with Crippen molar-refractivity contribution in [2.24, 2.45) is 5.92 Å². The predicted molar refractivity (Wildman–Crippen MR) is 89.8 cm³/mol. The molecule has 0 aliphatic carbocycles. The van der Waals surface area contributed by atoms with E-state index in [2.05, 4.69) is 24.0 Å². The van der Waals surface area contributed by atoms with Crippen molar-refractivity contribution >= 4 is 17.7 Å². The van der Waals surface area contributed by atoms with Crippen LogP contribution in [-0.4, -0.2) is 23.3 Å². The summed E-state index contributed by atoms with van der Waals surface area (Å²) in [6.07, 6.45) is 3.13. The second-order valence-electron chi connectivity index (χ2n) is 5.27. The van der Waals surface area contributed by atoms with Gasteiger partial charge >= 0.3 is 5.97 Å². The maximum Gasteiger partial charge on any atom is 0.305 e. The molecule has 22 heavy (non-hydrogen) atoms. The molecule has 0 spiro atoms. The van der Waals surface area contributed by atoms with E-state index in [4.69, 9.17) is 4.74 Å². The van der Waals surface area contributed by atoms with Gasteiger partial charge < -0.3 is 4.74 Å². The lowest BCUT2D eigenvalue weighted by Crippen LogP contribution is -2.21. The third kappa shape index (κ3) is 5.19. The Morgan fingerprint density at radius 1 is 1.18 bits per heavy atom. The molecule has 0 bridgehead atoms. The van der Waals surface area contributed by atoms with Gasteiger partial charge in [-0.2, -0.15) is 0 Å². The van der Waals surface area contributed by atoms with Crippen LogP contribution in [0.4, 0.5) is 0 Å².